The van der Waals surface area contributed by atoms with Gasteiger partial charge in [0.2, 0.25) is 11.8 Å². The summed E-state index contributed by atoms with van der Waals surface area (Å²) in [5.74, 6) is -0.0778. The van der Waals surface area contributed by atoms with E-state index >= 15 is 0 Å². The molecular weight excluding hydrogens is 242 g/mol. The molecule has 0 atom stereocenters. The van der Waals surface area contributed by atoms with E-state index in [1.165, 1.54) is 0 Å². The third kappa shape index (κ3) is 3.47. The first kappa shape index (κ1) is 13.4. The van der Waals surface area contributed by atoms with E-state index in [2.05, 4.69) is 5.32 Å². The van der Waals surface area contributed by atoms with Crippen LogP contribution in [0.3, 0.4) is 0 Å². The molecule has 0 bridgehead atoms. The summed E-state index contributed by atoms with van der Waals surface area (Å²) in [6.45, 7) is 0.833. The maximum atomic E-state index is 11.8. The average molecular weight is 261 g/mol. The monoisotopic (exact) mass is 261 g/mol. The van der Waals surface area contributed by atoms with Gasteiger partial charge in [-0.05, 0) is 30.7 Å². The summed E-state index contributed by atoms with van der Waals surface area (Å²) in [6.07, 6.45) is 1.41. The van der Waals surface area contributed by atoms with Crippen molar-refractivity contribution in [3.8, 4) is 0 Å². The van der Waals surface area contributed by atoms with Crippen LogP contribution in [-0.2, 0) is 9.59 Å². The molecule has 2 rings (SSSR count). The third-order valence-electron chi connectivity index (χ3n) is 3.17. The van der Waals surface area contributed by atoms with Gasteiger partial charge in [0.1, 0.15) is 0 Å². The summed E-state index contributed by atoms with van der Waals surface area (Å²) in [4.78, 5) is 26.8. The van der Waals surface area contributed by atoms with Gasteiger partial charge in [-0.3, -0.25) is 9.59 Å². The molecule has 0 aliphatic carbocycles. The van der Waals surface area contributed by atoms with Gasteiger partial charge in [-0.2, -0.15) is 0 Å². The maximum Gasteiger partial charge on any atom is 0.243 e. The number of rotatable bonds is 4. The van der Waals surface area contributed by atoms with E-state index in [4.69, 9.17) is 0 Å². The number of nitrogens with one attached hydrogen (secondary N) is 1. The van der Waals surface area contributed by atoms with Crippen molar-refractivity contribution in [3.63, 3.8) is 0 Å². The van der Waals surface area contributed by atoms with Gasteiger partial charge in [-0.25, -0.2) is 0 Å². The highest BCUT2D eigenvalue weighted by Gasteiger charge is 2.22. The molecule has 0 radical (unpaired) electrons. The molecule has 1 aliphatic heterocycles. The molecule has 1 aromatic carbocycles. The van der Waals surface area contributed by atoms with Gasteiger partial charge in [-0.1, -0.05) is 0 Å². The summed E-state index contributed by atoms with van der Waals surface area (Å²) in [5, 5.41) is 2.80. The maximum absolute atomic E-state index is 11.8. The van der Waals surface area contributed by atoms with Crippen LogP contribution in [0.15, 0.2) is 24.3 Å². The molecule has 1 heterocycles. The van der Waals surface area contributed by atoms with Crippen LogP contribution in [0.2, 0.25) is 0 Å². The molecular formula is C14H19N3O2. The number of amides is 2. The quantitative estimate of drug-likeness (QED) is 0.889. The van der Waals surface area contributed by atoms with E-state index in [1.54, 1.807) is 4.90 Å². The van der Waals surface area contributed by atoms with Crippen LogP contribution in [0, 0.1) is 0 Å². The number of nitrogens with zero attached hydrogens (tertiary/aromatic N) is 2. The van der Waals surface area contributed by atoms with E-state index < -0.39 is 0 Å². The predicted octanol–water partition coefficient (Wildman–Crippen LogP) is 1.31. The number of likely N-dealkylation sites (tertiary alicyclic amines) is 1. The summed E-state index contributed by atoms with van der Waals surface area (Å²) in [6, 6.07) is 7.60. The Morgan fingerprint density at radius 1 is 1.32 bits per heavy atom. The highest BCUT2D eigenvalue weighted by Crippen LogP contribution is 2.16. The lowest BCUT2D eigenvalue weighted by atomic mass is 10.2. The zero-order chi connectivity index (χ0) is 13.8. The minimum Gasteiger partial charge on any atom is -0.378 e. The summed E-state index contributed by atoms with van der Waals surface area (Å²) >= 11 is 0. The molecule has 19 heavy (non-hydrogen) atoms. The van der Waals surface area contributed by atoms with Crippen LogP contribution in [-0.4, -0.2) is 43.9 Å². The van der Waals surface area contributed by atoms with E-state index in [0.717, 1.165) is 17.8 Å². The topological polar surface area (TPSA) is 52.7 Å². The fourth-order valence-electron chi connectivity index (χ4n) is 2.09. The molecule has 1 aromatic rings. The Labute approximate surface area is 113 Å². The van der Waals surface area contributed by atoms with Gasteiger partial charge >= 0.3 is 0 Å². The SMILES string of the molecule is CN(C)c1ccc(NC(=O)CN2CCCC2=O)cc1. The summed E-state index contributed by atoms with van der Waals surface area (Å²) < 4.78 is 0. The Balaban J connectivity index is 1.89. The van der Waals surface area contributed by atoms with Crippen molar-refractivity contribution in [2.75, 3.05) is 37.4 Å². The highest BCUT2D eigenvalue weighted by molar-refractivity contribution is 5.95. The van der Waals surface area contributed by atoms with Crippen molar-refractivity contribution in [1.82, 2.24) is 4.90 Å². The lowest BCUT2D eigenvalue weighted by Crippen LogP contribution is -2.33. The first-order valence-corrected chi connectivity index (χ1v) is 6.41. The minimum absolute atomic E-state index is 0.0677. The molecule has 0 saturated carbocycles. The molecule has 1 saturated heterocycles. The van der Waals surface area contributed by atoms with E-state index in [1.807, 2.05) is 43.3 Å². The lowest BCUT2D eigenvalue weighted by Gasteiger charge is -2.16. The number of hydrogen-bond donors (Lipinski definition) is 1. The summed E-state index contributed by atoms with van der Waals surface area (Å²) in [7, 11) is 3.93. The zero-order valence-corrected chi connectivity index (χ0v) is 11.3. The molecule has 1 fully saturated rings. The van der Waals surface area contributed by atoms with E-state index in [9.17, 15) is 9.59 Å². The first-order valence-electron chi connectivity index (χ1n) is 6.41. The van der Waals surface area contributed by atoms with Crippen LogP contribution >= 0.6 is 0 Å². The average Bonchev–Trinajstić information content (AvgIpc) is 2.75. The normalized spacial score (nSPS) is 14.6. The van der Waals surface area contributed by atoms with E-state index in [0.29, 0.717) is 13.0 Å². The highest BCUT2D eigenvalue weighted by atomic mass is 16.2. The lowest BCUT2D eigenvalue weighted by molar-refractivity contribution is -0.131. The molecule has 0 spiro atoms. The third-order valence-corrected chi connectivity index (χ3v) is 3.17. The number of anilines is 2. The second kappa shape index (κ2) is 5.73. The Morgan fingerprint density at radius 2 is 2.00 bits per heavy atom. The van der Waals surface area contributed by atoms with Gasteiger partial charge in [0.25, 0.3) is 0 Å². The molecule has 1 aliphatic rings. The molecule has 2 amide bonds. The second-order valence-electron chi connectivity index (χ2n) is 4.91. The fourth-order valence-corrected chi connectivity index (χ4v) is 2.09. The molecule has 5 nitrogen and oxygen atoms in total. The minimum atomic E-state index is -0.146. The van der Waals surface area contributed by atoms with Crippen molar-refractivity contribution in [3.05, 3.63) is 24.3 Å². The Hall–Kier alpha value is -2.04. The van der Waals surface area contributed by atoms with Crippen LogP contribution in [0.1, 0.15) is 12.8 Å². The first-order chi connectivity index (χ1) is 9.06. The molecule has 102 valence electrons. The smallest absolute Gasteiger partial charge is 0.243 e. The zero-order valence-electron chi connectivity index (χ0n) is 11.3. The molecule has 1 N–H and O–H groups in total. The van der Waals surface area contributed by atoms with Crippen molar-refractivity contribution in [2.24, 2.45) is 0 Å². The van der Waals surface area contributed by atoms with Crippen molar-refractivity contribution >= 4 is 23.2 Å². The van der Waals surface area contributed by atoms with Gasteiger partial charge in [0.05, 0.1) is 6.54 Å². The molecule has 0 unspecified atom stereocenters. The van der Waals surface area contributed by atoms with Crippen molar-refractivity contribution in [1.29, 1.82) is 0 Å². The van der Waals surface area contributed by atoms with Crippen LogP contribution in [0.5, 0.6) is 0 Å². The van der Waals surface area contributed by atoms with Gasteiger partial charge in [0.15, 0.2) is 0 Å². The van der Waals surface area contributed by atoms with E-state index in [-0.39, 0.29) is 18.4 Å². The van der Waals surface area contributed by atoms with Crippen LogP contribution in [0.4, 0.5) is 11.4 Å². The van der Waals surface area contributed by atoms with Crippen LogP contribution in [0.25, 0.3) is 0 Å². The number of benzene rings is 1. The predicted molar refractivity (Wildman–Crippen MR) is 75.2 cm³/mol. The second-order valence-corrected chi connectivity index (χ2v) is 4.91. The number of hydrogen-bond acceptors (Lipinski definition) is 3. The number of carbonyl (C=O) groups excluding carboxylic acids is 2. The fraction of sp³-hybridized carbons (Fsp3) is 0.429. The van der Waals surface area contributed by atoms with Gasteiger partial charge in [0, 0.05) is 38.4 Å². The Kier molecular flexibility index (Phi) is 4.04. The van der Waals surface area contributed by atoms with Crippen molar-refractivity contribution in [2.45, 2.75) is 12.8 Å². The van der Waals surface area contributed by atoms with Gasteiger partial charge in [-0.15, -0.1) is 0 Å². The standard InChI is InChI=1S/C14H19N3O2/c1-16(2)12-7-5-11(6-8-12)15-13(18)10-17-9-3-4-14(17)19/h5-8H,3-4,9-10H2,1-2H3,(H,15,18). The number of carbonyl (C=O) groups is 2. The van der Waals surface area contributed by atoms with Crippen LogP contribution < -0.4 is 10.2 Å². The van der Waals surface area contributed by atoms with Gasteiger partial charge < -0.3 is 15.1 Å². The molecule has 0 aromatic heterocycles. The Morgan fingerprint density at radius 3 is 2.53 bits per heavy atom. The molecule has 5 heteroatoms. The Bertz CT molecular complexity index is 468. The summed E-state index contributed by atoms with van der Waals surface area (Å²) in [5.41, 5.74) is 1.83. The van der Waals surface area contributed by atoms with Crippen molar-refractivity contribution < 1.29 is 9.59 Å². The largest absolute Gasteiger partial charge is 0.378 e.